The second-order valence-electron chi connectivity index (χ2n) is 6.25. The van der Waals surface area contributed by atoms with E-state index >= 15 is 0 Å². The topological polar surface area (TPSA) is 81.3 Å². The number of pyridine rings is 1. The Morgan fingerprint density at radius 2 is 2.33 bits per heavy atom. The maximum Gasteiger partial charge on any atom is 0.227 e. The van der Waals surface area contributed by atoms with Crippen LogP contribution in [-0.4, -0.2) is 51.2 Å². The monoisotopic (exact) mass is 328 g/mol. The van der Waals surface area contributed by atoms with E-state index in [9.17, 15) is 4.79 Å². The van der Waals surface area contributed by atoms with Gasteiger partial charge in [0, 0.05) is 37.3 Å². The number of aromatic nitrogens is 3. The van der Waals surface area contributed by atoms with Crippen molar-refractivity contribution in [2.45, 2.75) is 44.2 Å². The predicted molar refractivity (Wildman–Crippen MR) is 84.9 cm³/mol. The summed E-state index contributed by atoms with van der Waals surface area (Å²) in [6, 6.07) is 3.95. The zero-order valence-electron chi connectivity index (χ0n) is 13.4. The molecule has 2 aliphatic rings. The molecule has 1 saturated carbocycles. The van der Waals surface area contributed by atoms with Crippen LogP contribution in [0.1, 0.15) is 31.6 Å². The zero-order chi connectivity index (χ0) is 16.4. The van der Waals surface area contributed by atoms with Gasteiger partial charge < -0.3 is 14.2 Å². The highest BCUT2D eigenvalue weighted by atomic mass is 16.5. The lowest BCUT2D eigenvalue weighted by Crippen LogP contribution is -2.51. The number of hydrogen-bond donors (Lipinski definition) is 0. The highest BCUT2D eigenvalue weighted by molar-refractivity contribution is 5.77. The van der Waals surface area contributed by atoms with Crippen molar-refractivity contribution in [1.82, 2.24) is 20.0 Å². The highest BCUT2D eigenvalue weighted by Crippen LogP contribution is 2.30. The van der Waals surface area contributed by atoms with Gasteiger partial charge in [0.15, 0.2) is 0 Å². The van der Waals surface area contributed by atoms with Crippen LogP contribution in [0.2, 0.25) is 0 Å². The van der Waals surface area contributed by atoms with E-state index in [4.69, 9.17) is 9.26 Å². The Labute approximate surface area is 140 Å². The number of nitrogens with zero attached hydrogens (tertiary/aromatic N) is 4. The zero-order valence-corrected chi connectivity index (χ0v) is 13.4. The summed E-state index contributed by atoms with van der Waals surface area (Å²) in [7, 11) is 0. The highest BCUT2D eigenvalue weighted by Gasteiger charge is 2.38. The number of carbonyl (C=O) groups excluding carboxylic acids is 1. The fraction of sp³-hybridized carbons (Fsp3) is 0.529. The third-order valence-corrected chi connectivity index (χ3v) is 4.74. The van der Waals surface area contributed by atoms with Crippen LogP contribution in [0.15, 0.2) is 29.0 Å². The molecule has 2 aromatic rings. The maximum atomic E-state index is 12.6. The van der Waals surface area contributed by atoms with E-state index in [0.717, 1.165) is 24.8 Å². The van der Waals surface area contributed by atoms with Crippen LogP contribution in [0.3, 0.4) is 0 Å². The predicted octanol–water partition coefficient (Wildman–Crippen LogP) is 1.84. The van der Waals surface area contributed by atoms with Crippen molar-refractivity contribution in [1.29, 1.82) is 0 Å². The Morgan fingerprint density at radius 1 is 1.38 bits per heavy atom. The Morgan fingerprint density at radius 3 is 3.21 bits per heavy atom. The van der Waals surface area contributed by atoms with Crippen LogP contribution in [0, 0.1) is 0 Å². The van der Waals surface area contributed by atoms with Crippen LogP contribution in [0.25, 0.3) is 11.4 Å². The molecule has 0 unspecified atom stereocenters. The quantitative estimate of drug-likeness (QED) is 0.852. The minimum atomic E-state index is 0.149. The van der Waals surface area contributed by atoms with Gasteiger partial charge >= 0.3 is 0 Å². The molecule has 1 saturated heterocycles. The number of ether oxygens (including phenoxy) is 1. The molecule has 126 valence electrons. The third-order valence-electron chi connectivity index (χ3n) is 4.74. The van der Waals surface area contributed by atoms with Gasteiger partial charge in [0.05, 0.1) is 18.8 Å². The molecule has 4 rings (SSSR count). The van der Waals surface area contributed by atoms with E-state index in [1.165, 1.54) is 0 Å². The van der Waals surface area contributed by atoms with Crippen molar-refractivity contribution in [2.75, 3.05) is 13.2 Å². The number of aryl methyl sites for hydroxylation is 1. The summed E-state index contributed by atoms with van der Waals surface area (Å²) < 4.78 is 11.0. The average molecular weight is 328 g/mol. The number of hydrogen-bond acceptors (Lipinski definition) is 6. The van der Waals surface area contributed by atoms with Crippen LogP contribution in [0.4, 0.5) is 0 Å². The van der Waals surface area contributed by atoms with Crippen LogP contribution < -0.4 is 0 Å². The van der Waals surface area contributed by atoms with Crippen LogP contribution >= 0.6 is 0 Å². The van der Waals surface area contributed by atoms with E-state index in [1.54, 1.807) is 12.4 Å². The molecule has 0 radical (unpaired) electrons. The van der Waals surface area contributed by atoms with Crippen molar-refractivity contribution in [3.05, 3.63) is 30.4 Å². The molecule has 1 aliphatic heterocycles. The van der Waals surface area contributed by atoms with Crippen molar-refractivity contribution in [3.8, 4) is 11.4 Å². The SMILES string of the molecule is O=C(CCc1nc(-c2cccnc2)no1)N1CCO[C@H]2CCC[C@@H]21. The van der Waals surface area contributed by atoms with Crippen molar-refractivity contribution in [2.24, 2.45) is 0 Å². The molecule has 0 bridgehead atoms. The third kappa shape index (κ3) is 3.03. The van der Waals surface area contributed by atoms with Crippen molar-refractivity contribution >= 4 is 5.91 Å². The molecule has 2 aromatic heterocycles. The summed E-state index contributed by atoms with van der Waals surface area (Å²) >= 11 is 0. The fourth-order valence-electron chi connectivity index (χ4n) is 3.56. The first kappa shape index (κ1) is 15.3. The first-order valence-electron chi connectivity index (χ1n) is 8.45. The number of fused-ring (bicyclic) bond motifs is 1. The van der Waals surface area contributed by atoms with Gasteiger partial charge in [-0.15, -0.1) is 0 Å². The largest absolute Gasteiger partial charge is 0.374 e. The van der Waals surface area contributed by atoms with E-state index in [0.29, 0.717) is 37.7 Å². The van der Waals surface area contributed by atoms with Gasteiger partial charge in [-0.3, -0.25) is 9.78 Å². The van der Waals surface area contributed by atoms with Gasteiger partial charge in [0.1, 0.15) is 0 Å². The molecule has 0 N–H and O–H groups in total. The fourth-order valence-corrected chi connectivity index (χ4v) is 3.56. The minimum absolute atomic E-state index is 0.149. The van der Waals surface area contributed by atoms with Gasteiger partial charge in [-0.2, -0.15) is 4.98 Å². The minimum Gasteiger partial charge on any atom is -0.374 e. The lowest BCUT2D eigenvalue weighted by atomic mass is 10.1. The van der Waals surface area contributed by atoms with Gasteiger partial charge in [0.2, 0.25) is 17.6 Å². The van der Waals surface area contributed by atoms with Gasteiger partial charge in [-0.25, -0.2) is 0 Å². The summed E-state index contributed by atoms with van der Waals surface area (Å²) in [5, 5.41) is 3.96. The summed E-state index contributed by atoms with van der Waals surface area (Å²) in [4.78, 5) is 22.9. The Balaban J connectivity index is 1.37. The van der Waals surface area contributed by atoms with Gasteiger partial charge in [-0.1, -0.05) is 5.16 Å². The normalized spacial score (nSPS) is 23.2. The molecular weight excluding hydrogens is 308 g/mol. The number of morpholine rings is 1. The summed E-state index contributed by atoms with van der Waals surface area (Å²) in [6.07, 6.45) is 7.70. The molecule has 0 aromatic carbocycles. The van der Waals surface area contributed by atoms with Crippen molar-refractivity contribution < 1.29 is 14.1 Å². The average Bonchev–Trinajstić information content (AvgIpc) is 3.29. The van der Waals surface area contributed by atoms with Gasteiger partial charge in [0.25, 0.3) is 0 Å². The Bertz CT molecular complexity index is 703. The summed E-state index contributed by atoms with van der Waals surface area (Å²) in [5.74, 6) is 1.14. The standard InChI is InChI=1S/C17H20N4O3/c22-16(21-9-10-23-14-5-1-4-13(14)21)7-6-15-19-17(20-24-15)12-3-2-8-18-11-12/h2-3,8,11,13-14H,1,4-7,9-10H2/t13-,14-/m0/s1. The van der Waals surface area contributed by atoms with Crippen LogP contribution in [-0.2, 0) is 16.0 Å². The molecule has 2 atom stereocenters. The first-order valence-corrected chi connectivity index (χ1v) is 8.45. The molecule has 2 fully saturated rings. The van der Waals surface area contributed by atoms with E-state index in [1.807, 2.05) is 17.0 Å². The molecule has 1 amide bonds. The molecular formula is C17H20N4O3. The van der Waals surface area contributed by atoms with Crippen molar-refractivity contribution in [3.63, 3.8) is 0 Å². The molecule has 3 heterocycles. The molecule has 24 heavy (non-hydrogen) atoms. The second kappa shape index (κ2) is 6.68. The summed E-state index contributed by atoms with van der Waals surface area (Å²) in [6.45, 7) is 1.32. The molecule has 7 nitrogen and oxygen atoms in total. The van der Waals surface area contributed by atoms with E-state index in [2.05, 4.69) is 15.1 Å². The lowest BCUT2D eigenvalue weighted by Gasteiger charge is -2.37. The number of amides is 1. The maximum absolute atomic E-state index is 12.6. The summed E-state index contributed by atoms with van der Waals surface area (Å²) in [5.41, 5.74) is 0.806. The van der Waals surface area contributed by atoms with Gasteiger partial charge in [-0.05, 0) is 31.4 Å². The Hall–Kier alpha value is -2.28. The number of carbonyl (C=O) groups is 1. The lowest BCUT2D eigenvalue weighted by molar-refractivity contribution is -0.144. The Kier molecular flexibility index (Phi) is 4.25. The van der Waals surface area contributed by atoms with E-state index in [-0.39, 0.29) is 18.1 Å². The molecule has 1 aliphatic carbocycles. The van der Waals surface area contributed by atoms with Crippen LogP contribution in [0.5, 0.6) is 0 Å². The molecule has 7 heteroatoms. The second-order valence-corrected chi connectivity index (χ2v) is 6.25. The smallest absolute Gasteiger partial charge is 0.227 e. The van der Waals surface area contributed by atoms with E-state index < -0.39 is 0 Å². The first-order chi connectivity index (χ1) is 11.8. The molecule has 0 spiro atoms. The number of rotatable bonds is 4.